The first-order valence-electron chi connectivity index (χ1n) is 10.5. The van der Waals surface area contributed by atoms with Crippen LogP contribution in [0.15, 0.2) is 42.7 Å². The highest BCUT2D eigenvalue weighted by Gasteiger charge is 2.35. The van der Waals surface area contributed by atoms with E-state index in [4.69, 9.17) is 9.72 Å². The number of rotatable bonds is 6. The molecule has 2 aliphatic carbocycles. The van der Waals surface area contributed by atoms with Crippen molar-refractivity contribution in [1.82, 2.24) is 15.0 Å². The number of methoxy groups -OCH3 is 1. The number of fused-ring (bicyclic) bond motifs is 1. The van der Waals surface area contributed by atoms with Gasteiger partial charge >= 0.3 is 0 Å². The molecule has 0 radical (unpaired) electrons. The van der Waals surface area contributed by atoms with Gasteiger partial charge in [-0.15, -0.1) is 0 Å². The van der Waals surface area contributed by atoms with Gasteiger partial charge in [-0.2, -0.15) is 0 Å². The Morgan fingerprint density at radius 3 is 2.83 bits per heavy atom. The molecule has 0 spiro atoms. The van der Waals surface area contributed by atoms with E-state index < -0.39 is 0 Å². The van der Waals surface area contributed by atoms with Gasteiger partial charge in [-0.1, -0.05) is 13.0 Å². The third-order valence-electron chi connectivity index (χ3n) is 6.35. The molecule has 154 valence electrons. The molecule has 1 saturated carbocycles. The number of hydrogen-bond acceptors (Lipinski definition) is 6. The summed E-state index contributed by atoms with van der Waals surface area (Å²) in [7, 11) is 1.67. The van der Waals surface area contributed by atoms with E-state index in [1.165, 1.54) is 18.4 Å². The minimum atomic E-state index is -0.233. The van der Waals surface area contributed by atoms with Gasteiger partial charge in [0, 0.05) is 29.1 Å². The fourth-order valence-electron chi connectivity index (χ4n) is 4.24. The summed E-state index contributed by atoms with van der Waals surface area (Å²) in [4.78, 5) is 13.8. The minimum absolute atomic E-state index is 0.124. The quantitative estimate of drug-likeness (QED) is 0.638. The van der Waals surface area contributed by atoms with Gasteiger partial charge in [0.2, 0.25) is 5.95 Å². The average molecular weight is 402 g/mol. The van der Waals surface area contributed by atoms with Crippen molar-refractivity contribution in [1.29, 1.82) is 0 Å². The van der Waals surface area contributed by atoms with E-state index in [2.05, 4.69) is 40.4 Å². The zero-order valence-electron chi connectivity index (χ0n) is 17.4. The lowest BCUT2D eigenvalue weighted by Crippen LogP contribution is -2.23. The van der Waals surface area contributed by atoms with Gasteiger partial charge in [-0.05, 0) is 67.0 Å². The molecule has 1 aromatic carbocycles. The van der Waals surface area contributed by atoms with Gasteiger partial charge in [0.05, 0.1) is 25.1 Å². The number of aliphatic hydroxyl groups excluding tert-OH is 1. The zero-order valence-corrected chi connectivity index (χ0v) is 17.4. The Kier molecular flexibility index (Phi) is 4.66. The lowest BCUT2D eigenvalue weighted by atomic mass is 9.85. The summed E-state index contributed by atoms with van der Waals surface area (Å²) >= 11 is 0. The number of nitrogens with zero attached hydrogens (tertiary/aromatic N) is 3. The molecule has 3 aromatic rings. The van der Waals surface area contributed by atoms with Crippen LogP contribution in [0.1, 0.15) is 48.9 Å². The van der Waals surface area contributed by atoms with Crippen LogP contribution in [0.25, 0.3) is 11.3 Å². The number of nitrogens with one attached hydrogen (secondary N) is 1. The number of hydrogen-bond donors (Lipinski definition) is 2. The molecule has 2 heterocycles. The maximum absolute atomic E-state index is 9.88. The van der Waals surface area contributed by atoms with E-state index in [0.717, 1.165) is 46.8 Å². The summed E-state index contributed by atoms with van der Waals surface area (Å²) < 4.78 is 5.52. The number of aromatic nitrogens is 3. The Hall–Kier alpha value is -2.99. The molecule has 0 saturated heterocycles. The van der Waals surface area contributed by atoms with Crippen LogP contribution >= 0.6 is 0 Å². The van der Waals surface area contributed by atoms with E-state index in [9.17, 15) is 5.11 Å². The summed E-state index contributed by atoms with van der Waals surface area (Å²) in [5.74, 6) is 1.94. The van der Waals surface area contributed by atoms with Crippen LogP contribution in [0.4, 0.5) is 11.6 Å². The third-order valence-corrected chi connectivity index (χ3v) is 6.35. The maximum Gasteiger partial charge on any atom is 0.227 e. The predicted molar refractivity (Wildman–Crippen MR) is 116 cm³/mol. The highest BCUT2D eigenvalue weighted by Crippen LogP contribution is 2.43. The van der Waals surface area contributed by atoms with Gasteiger partial charge < -0.3 is 15.2 Å². The molecular weight excluding hydrogens is 376 g/mol. The van der Waals surface area contributed by atoms with Gasteiger partial charge in [0.25, 0.3) is 0 Å². The first-order valence-corrected chi connectivity index (χ1v) is 10.5. The number of aryl methyl sites for hydroxylation is 1. The van der Waals surface area contributed by atoms with E-state index in [1.54, 1.807) is 13.3 Å². The first-order chi connectivity index (χ1) is 14.6. The van der Waals surface area contributed by atoms with Crippen molar-refractivity contribution < 1.29 is 9.84 Å². The molecule has 1 fully saturated rings. The van der Waals surface area contributed by atoms with Gasteiger partial charge in [-0.25, -0.2) is 9.97 Å². The number of benzene rings is 1. The van der Waals surface area contributed by atoms with Crippen molar-refractivity contribution in [2.75, 3.05) is 19.0 Å². The average Bonchev–Trinajstić information content (AvgIpc) is 3.58. The first kappa shape index (κ1) is 19.0. The monoisotopic (exact) mass is 402 g/mol. The second kappa shape index (κ2) is 7.36. The van der Waals surface area contributed by atoms with Crippen LogP contribution in [0.5, 0.6) is 5.75 Å². The Morgan fingerprint density at radius 1 is 1.20 bits per heavy atom. The van der Waals surface area contributed by atoms with Crippen LogP contribution in [0.3, 0.4) is 0 Å². The molecule has 2 N–H and O–H groups in total. The lowest BCUT2D eigenvalue weighted by Gasteiger charge is -2.22. The van der Waals surface area contributed by atoms with Crippen molar-refractivity contribution in [3.8, 4) is 17.0 Å². The normalized spacial score (nSPS) is 20.1. The fourth-order valence-corrected chi connectivity index (χ4v) is 4.24. The topological polar surface area (TPSA) is 80.2 Å². The largest absolute Gasteiger partial charge is 0.495 e. The van der Waals surface area contributed by atoms with Crippen LogP contribution in [-0.4, -0.2) is 33.8 Å². The lowest BCUT2D eigenvalue weighted by molar-refractivity contribution is 0.206. The zero-order chi connectivity index (χ0) is 20.7. The van der Waals surface area contributed by atoms with Gasteiger partial charge in [-0.3, -0.25) is 4.98 Å². The Labute approximate surface area is 176 Å². The second-order valence-electron chi connectivity index (χ2n) is 8.56. The summed E-state index contributed by atoms with van der Waals surface area (Å²) in [5, 5.41) is 13.2. The number of ether oxygens (including phenoxy) is 1. The van der Waals surface area contributed by atoms with Gasteiger partial charge in [0.1, 0.15) is 5.75 Å². The van der Waals surface area contributed by atoms with Crippen molar-refractivity contribution in [2.24, 2.45) is 0 Å². The smallest absolute Gasteiger partial charge is 0.227 e. The van der Waals surface area contributed by atoms with Crippen molar-refractivity contribution in [2.45, 2.75) is 43.9 Å². The highest BCUT2D eigenvalue weighted by molar-refractivity contribution is 5.67. The van der Waals surface area contributed by atoms with Crippen LogP contribution in [0, 0.1) is 0 Å². The van der Waals surface area contributed by atoms with E-state index >= 15 is 0 Å². The molecule has 1 unspecified atom stereocenters. The molecule has 2 aliphatic rings. The number of anilines is 2. The molecule has 30 heavy (non-hydrogen) atoms. The van der Waals surface area contributed by atoms with Crippen molar-refractivity contribution in [3.63, 3.8) is 0 Å². The highest BCUT2D eigenvalue weighted by atomic mass is 16.5. The molecule has 2 aromatic heterocycles. The molecule has 6 heteroatoms. The molecular formula is C24H26N4O2. The SMILES string of the molecule is COc1ccc(C2CC2)cc1Nc1nccc(-c2cnc3c(c2)C(C)(CO)CC3)n1. The predicted octanol–water partition coefficient (Wildman–Crippen LogP) is 4.36. The third kappa shape index (κ3) is 3.41. The van der Waals surface area contributed by atoms with Crippen LogP contribution in [-0.2, 0) is 11.8 Å². The summed E-state index contributed by atoms with van der Waals surface area (Å²) in [6.45, 7) is 2.22. The fraction of sp³-hybridized carbons (Fsp3) is 0.375. The number of pyridine rings is 1. The van der Waals surface area contributed by atoms with Crippen molar-refractivity contribution in [3.05, 3.63) is 59.5 Å². The standard InChI is InChI=1S/C24H26N4O2/c1-24(14-29)9-7-20-18(24)11-17(13-26-20)19-8-10-25-23(27-19)28-21-12-16(15-3-4-15)5-6-22(21)30-2/h5-6,8,10-13,15,29H,3-4,7,9,14H2,1-2H3,(H,25,27,28). The Balaban J connectivity index is 1.46. The van der Waals surface area contributed by atoms with Crippen LogP contribution < -0.4 is 10.1 Å². The molecule has 0 amide bonds. The molecule has 0 bridgehead atoms. The van der Waals surface area contributed by atoms with E-state index in [0.29, 0.717) is 11.9 Å². The Bertz CT molecular complexity index is 1100. The molecule has 5 rings (SSSR count). The van der Waals surface area contributed by atoms with E-state index in [1.807, 2.05) is 18.3 Å². The van der Waals surface area contributed by atoms with E-state index in [-0.39, 0.29) is 12.0 Å². The van der Waals surface area contributed by atoms with Crippen LogP contribution in [0.2, 0.25) is 0 Å². The summed E-state index contributed by atoms with van der Waals surface area (Å²) in [6, 6.07) is 10.3. The Morgan fingerprint density at radius 2 is 2.07 bits per heavy atom. The molecule has 1 atom stereocenters. The second-order valence-corrected chi connectivity index (χ2v) is 8.56. The van der Waals surface area contributed by atoms with Crippen molar-refractivity contribution >= 4 is 11.6 Å². The summed E-state index contributed by atoms with van der Waals surface area (Å²) in [5.41, 5.74) is 5.88. The maximum atomic E-state index is 9.88. The molecule has 6 nitrogen and oxygen atoms in total. The number of aliphatic hydroxyl groups is 1. The minimum Gasteiger partial charge on any atom is -0.495 e. The molecule has 0 aliphatic heterocycles. The van der Waals surface area contributed by atoms with Gasteiger partial charge in [0.15, 0.2) is 0 Å². The summed E-state index contributed by atoms with van der Waals surface area (Å²) in [6.07, 6.45) is 7.93.